The van der Waals surface area contributed by atoms with E-state index in [2.05, 4.69) is 37.3 Å². The van der Waals surface area contributed by atoms with Gasteiger partial charge in [0.15, 0.2) is 5.82 Å². The van der Waals surface area contributed by atoms with E-state index in [4.69, 9.17) is 0 Å². The Morgan fingerprint density at radius 3 is 3.10 bits per heavy atom. The first kappa shape index (κ1) is 14.1. The largest absolute Gasteiger partial charge is 0.290 e. The average molecular weight is 287 g/mol. The second kappa shape index (κ2) is 6.26. The average Bonchev–Trinajstić information content (AvgIpc) is 2.92. The van der Waals surface area contributed by atoms with Crippen LogP contribution in [0.5, 0.6) is 0 Å². The van der Waals surface area contributed by atoms with Crippen LogP contribution in [0.2, 0.25) is 0 Å². The maximum Gasteiger partial charge on any atom is 0.165 e. The van der Waals surface area contributed by atoms with Gasteiger partial charge in [-0.2, -0.15) is 0 Å². The van der Waals surface area contributed by atoms with Crippen molar-refractivity contribution in [1.82, 2.24) is 35.1 Å². The molecule has 3 heterocycles. The summed E-state index contributed by atoms with van der Waals surface area (Å²) in [7, 11) is 0. The molecule has 2 aromatic rings. The van der Waals surface area contributed by atoms with Crippen LogP contribution in [0.25, 0.3) is 0 Å². The van der Waals surface area contributed by atoms with Crippen molar-refractivity contribution in [3.05, 3.63) is 29.1 Å². The topological polar surface area (TPSA) is 72.6 Å². The summed E-state index contributed by atoms with van der Waals surface area (Å²) in [4.78, 5) is 11.2. The molecule has 112 valence electrons. The van der Waals surface area contributed by atoms with E-state index >= 15 is 0 Å². The van der Waals surface area contributed by atoms with Gasteiger partial charge >= 0.3 is 0 Å². The molecule has 21 heavy (non-hydrogen) atoms. The minimum atomic E-state index is 0.777. The van der Waals surface area contributed by atoms with Crippen LogP contribution in [-0.4, -0.2) is 41.6 Å². The summed E-state index contributed by atoms with van der Waals surface area (Å²) in [5.41, 5.74) is 2.41. The highest BCUT2D eigenvalue weighted by molar-refractivity contribution is 5.20. The van der Waals surface area contributed by atoms with E-state index in [0.29, 0.717) is 0 Å². The van der Waals surface area contributed by atoms with Gasteiger partial charge in [-0.3, -0.25) is 4.90 Å². The number of hydrogen-bond acceptors (Lipinski definition) is 6. The molecule has 0 aromatic carbocycles. The summed E-state index contributed by atoms with van der Waals surface area (Å²) in [6.45, 7) is 7.63. The molecule has 2 aromatic heterocycles. The molecule has 7 heteroatoms. The van der Waals surface area contributed by atoms with Crippen molar-refractivity contribution in [1.29, 1.82) is 0 Å². The third-order valence-corrected chi connectivity index (χ3v) is 3.84. The number of hydrogen-bond donors (Lipinski definition) is 0. The first-order valence-electron chi connectivity index (χ1n) is 7.55. The SMILES string of the molecule is CCCCn1nnnc1CN1CCc2cnc(C)nc2C1. The third-order valence-electron chi connectivity index (χ3n) is 3.84. The van der Waals surface area contributed by atoms with Gasteiger partial charge in [0.25, 0.3) is 0 Å². The molecule has 1 aliphatic heterocycles. The Morgan fingerprint density at radius 1 is 1.33 bits per heavy atom. The summed E-state index contributed by atoms with van der Waals surface area (Å²) in [5.74, 6) is 1.78. The highest BCUT2D eigenvalue weighted by atomic mass is 15.5. The Kier molecular flexibility index (Phi) is 4.19. The molecule has 0 N–H and O–H groups in total. The maximum atomic E-state index is 4.55. The van der Waals surface area contributed by atoms with Crippen LogP contribution in [0.3, 0.4) is 0 Å². The molecular weight excluding hydrogens is 266 g/mol. The standard InChI is InChI=1S/C14H21N7/c1-3-4-6-21-14(17-18-19-21)10-20-7-5-12-8-15-11(2)16-13(12)9-20/h8H,3-7,9-10H2,1-2H3. The Hall–Kier alpha value is -1.89. The Labute approximate surface area is 124 Å². The van der Waals surface area contributed by atoms with Crippen molar-refractivity contribution >= 4 is 0 Å². The molecule has 0 amide bonds. The Bertz CT molecular complexity index is 607. The van der Waals surface area contributed by atoms with Crippen molar-refractivity contribution < 1.29 is 0 Å². The number of aromatic nitrogens is 6. The minimum absolute atomic E-state index is 0.777. The van der Waals surface area contributed by atoms with E-state index < -0.39 is 0 Å². The molecule has 0 bridgehead atoms. The van der Waals surface area contributed by atoms with Crippen molar-refractivity contribution in [3.63, 3.8) is 0 Å². The molecular formula is C14H21N7. The predicted molar refractivity (Wildman–Crippen MR) is 77.3 cm³/mol. The van der Waals surface area contributed by atoms with E-state index in [9.17, 15) is 0 Å². The number of tetrazole rings is 1. The molecule has 0 aliphatic carbocycles. The van der Waals surface area contributed by atoms with E-state index in [0.717, 1.165) is 62.8 Å². The number of unbranched alkanes of at least 4 members (excludes halogenated alkanes) is 1. The zero-order valence-electron chi connectivity index (χ0n) is 12.7. The van der Waals surface area contributed by atoms with Crippen LogP contribution in [0.4, 0.5) is 0 Å². The van der Waals surface area contributed by atoms with Gasteiger partial charge < -0.3 is 0 Å². The molecule has 0 saturated heterocycles. The number of rotatable bonds is 5. The quantitative estimate of drug-likeness (QED) is 0.821. The molecule has 1 aliphatic rings. The summed E-state index contributed by atoms with van der Waals surface area (Å²) in [5, 5.41) is 12.1. The van der Waals surface area contributed by atoms with Crippen molar-refractivity contribution in [2.24, 2.45) is 0 Å². The van der Waals surface area contributed by atoms with E-state index in [-0.39, 0.29) is 0 Å². The molecule has 0 unspecified atom stereocenters. The van der Waals surface area contributed by atoms with Crippen LogP contribution in [0.15, 0.2) is 6.20 Å². The van der Waals surface area contributed by atoms with Gasteiger partial charge in [0.2, 0.25) is 0 Å². The van der Waals surface area contributed by atoms with Crippen molar-refractivity contribution in [2.75, 3.05) is 6.54 Å². The van der Waals surface area contributed by atoms with Gasteiger partial charge in [-0.15, -0.1) is 5.10 Å². The van der Waals surface area contributed by atoms with Gasteiger partial charge in [0, 0.05) is 25.8 Å². The lowest BCUT2D eigenvalue weighted by atomic mass is 10.1. The zero-order valence-corrected chi connectivity index (χ0v) is 12.7. The first-order valence-corrected chi connectivity index (χ1v) is 7.55. The van der Waals surface area contributed by atoms with Crippen LogP contribution in [0.1, 0.15) is 42.7 Å². The summed E-state index contributed by atoms with van der Waals surface area (Å²) >= 11 is 0. The monoisotopic (exact) mass is 287 g/mol. The number of nitrogens with zero attached hydrogens (tertiary/aromatic N) is 7. The van der Waals surface area contributed by atoms with Crippen LogP contribution < -0.4 is 0 Å². The highest BCUT2D eigenvalue weighted by Crippen LogP contribution is 2.17. The van der Waals surface area contributed by atoms with Gasteiger partial charge in [-0.1, -0.05) is 13.3 Å². The van der Waals surface area contributed by atoms with E-state index in [1.165, 1.54) is 5.56 Å². The van der Waals surface area contributed by atoms with E-state index in [1.54, 1.807) is 0 Å². The number of fused-ring (bicyclic) bond motifs is 1. The maximum absolute atomic E-state index is 4.55. The summed E-state index contributed by atoms with van der Waals surface area (Å²) < 4.78 is 1.92. The molecule has 0 radical (unpaired) electrons. The van der Waals surface area contributed by atoms with Gasteiger partial charge in [-0.05, 0) is 35.8 Å². The normalized spacial score (nSPS) is 15.1. The first-order chi connectivity index (χ1) is 10.3. The minimum Gasteiger partial charge on any atom is -0.290 e. The zero-order chi connectivity index (χ0) is 14.7. The fourth-order valence-electron chi connectivity index (χ4n) is 2.61. The van der Waals surface area contributed by atoms with Crippen LogP contribution in [0, 0.1) is 6.92 Å². The van der Waals surface area contributed by atoms with Gasteiger partial charge in [0.1, 0.15) is 5.82 Å². The summed E-state index contributed by atoms with van der Waals surface area (Å²) in [6, 6.07) is 0. The molecule has 0 spiro atoms. The second-order valence-corrected chi connectivity index (χ2v) is 5.52. The van der Waals surface area contributed by atoms with Crippen molar-refractivity contribution in [2.45, 2.75) is 52.7 Å². The van der Waals surface area contributed by atoms with E-state index in [1.807, 2.05) is 17.8 Å². The number of aryl methyl sites for hydroxylation is 2. The fraction of sp³-hybridized carbons (Fsp3) is 0.643. The van der Waals surface area contributed by atoms with Crippen LogP contribution >= 0.6 is 0 Å². The summed E-state index contributed by atoms with van der Waals surface area (Å²) in [6.07, 6.45) is 5.20. The van der Waals surface area contributed by atoms with Crippen molar-refractivity contribution in [3.8, 4) is 0 Å². The molecule has 0 saturated carbocycles. The molecule has 0 fully saturated rings. The Morgan fingerprint density at radius 2 is 2.24 bits per heavy atom. The smallest absolute Gasteiger partial charge is 0.165 e. The lowest BCUT2D eigenvalue weighted by molar-refractivity contribution is 0.230. The second-order valence-electron chi connectivity index (χ2n) is 5.52. The molecule has 3 rings (SSSR count). The fourth-order valence-corrected chi connectivity index (χ4v) is 2.61. The third kappa shape index (κ3) is 3.24. The lowest BCUT2D eigenvalue weighted by Gasteiger charge is -2.27. The molecule has 7 nitrogen and oxygen atoms in total. The lowest BCUT2D eigenvalue weighted by Crippen LogP contribution is -2.32. The van der Waals surface area contributed by atoms with Gasteiger partial charge in [-0.25, -0.2) is 14.6 Å². The van der Waals surface area contributed by atoms with Gasteiger partial charge in [0.05, 0.1) is 12.2 Å². The molecule has 0 atom stereocenters. The van der Waals surface area contributed by atoms with Crippen LogP contribution in [-0.2, 0) is 26.1 Å². The predicted octanol–water partition coefficient (Wildman–Crippen LogP) is 1.13. The Balaban J connectivity index is 1.68. The highest BCUT2D eigenvalue weighted by Gasteiger charge is 2.20.